The van der Waals surface area contributed by atoms with Crippen LogP contribution in [0.2, 0.25) is 0 Å². The van der Waals surface area contributed by atoms with Crippen molar-refractivity contribution >= 4 is 11.7 Å². The van der Waals surface area contributed by atoms with E-state index in [0.29, 0.717) is 11.6 Å². The molecule has 4 heterocycles. The topological polar surface area (TPSA) is 135 Å². The third-order valence-corrected chi connectivity index (χ3v) is 5.30. The summed E-state index contributed by atoms with van der Waals surface area (Å²) in [5, 5.41) is 2.63. The number of carbonyl (C=O) groups is 1. The number of anilines is 1. The molecule has 3 aromatic rings. The van der Waals surface area contributed by atoms with Gasteiger partial charge in [0.05, 0.1) is 18.8 Å². The summed E-state index contributed by atoms with van der Waals surface area (Å²) in [6.07, 6.45) is 7.65. The highest BCUT2D eigenvalue weighted by atomic mass is 16.5. The lowest BCUT2D eigenvalue weighted by molar-refractivity contribution is 0.0944. The first-order valence-electron chi connectivity index (χ1n) is 10.8. The number of hydrogen-bond acceptors (Lipinski definition) is 8. The fourth-order valence-electron chi connectivity index (χ4n) is 3.59. The predicted octanol–water partition coefficient (Wildman–Crippen LogP) is 0.569. The Balaban J connectivity index is 1.33. The monoisotopic (exact) mass is 451 g/mol. The van der Waals surface area contributed by atoms with E-state index in [1.165, 1.54) is 12.7 Å². The summed E-state index contributed by atoms with van der Waals surface area (Å²) in [6.45, 7) is 2.20. The predicted molar refractivity (Wildman–Crippen MR) is 121 cm³/mol. The molecule has 0 aliphatic carbocycles. The van der Waals surface area contributed by atoms with Crippen molar-refractivity contribution in [3.63, 3.8) is 0 Å². The molecule has 1 aliphatic rings. The van der Waals surface area contributed by atoms with Gasteiger partial charge in [0.15, 0.2) is 0 Å². The van der Waals surface area contributed by atoms with Gasteiger partial charge in [-0.3, -0.25) is 19.1 Å². The summed E-state index contributed by atoms with van der Waals surface area (Å²) < 4.78 is 6.58. The van der Waals surface area contributed by atoms with Crippen LogP contribution in [0, 0.1) is 0 Å². The highest BCUT2D eigenvalue weighted by molar-refractivity contribution is 5.93. The van der Waals surface area contributed by atoms with Gasteiger partial charge in [-0.2, -0.15) is 0 Å². The summed E-state index contributed by atoms with van der Waals surface area (Å²) in [4.78, 5) is 54.4. The Kier molecular flexibility index (Phi) is 7.08. The number of pyridine rings is 1. The molecule has 1 fully saturated rings. The van der Waals surface area contributed by atoms with E-state index >= 15 is 0 Å². The first kappa shape index (κ1) is 22.2. The first-order chi connectivity index (χ1) is 16.1. The van der Waals surface area contributed by atoms with Crippen LogP contribution in [0.25, 0.3) is 0 Å². The number of ether oxygens (including phenoxy) is 1. The molecule has 0 atom stereocenters. The number of aromatic nitrogens is 5. The number of piperidine rings is 1. The molecule has 0 unspecified atom stereocenters. The molecule has 0 aromatic carbocycles. The maximum absolute atomic E-state index is 12.7. The zero-order chi connectivity index (χ0) is 23.0. The summed E-state index contributed by atoms with van der Waals surface area (Å²) in [5.41, 5.74) is -0.937. The Hall–Kier alpha value is -4.02. The van der Waals surface area contributed by atoms with Gasteiger partial charge in [-0.15, -0.1) is 0 Å². The van der Waals surface area contributed by atoms with Crippen molar-refractivity contribution in [1.29, 1.82) is 0 Å². The van der Waals surface area contributed by atoms with Gasteiger partial charge in [-0.1, -0.05) is 6.07 Å². The van der Waals surface area contributed by atoms with Crippen LogP contribution in [0.3, 0.4) is 0 Å². The van der Waals surface area contributed by atoms with Crippen molar-refractivity contribution in [3.8, 4) is 5.88 Å². The molecule has 0 spiro atoms. The molecular formula is C22H25N7O4. The second-order valence-corrected chi connectivity index (χ2v) is 7.59. The van der Waals surface area contributed by atoms with Gasteiger partial charge in [-0.05, 0) is 31.4 Å². The van der Waals surface area contributed by atoms with E-state index in [0.717, 1.165) is 42.5 Å². The Morgan fingerprint density at radius 1 is 1.12 bits per heavy atom. The number of aromatic amines is 1. The normalized spacial score (nSPS) is 13.5. The average molecular weight is 451 g/mol. The minimum atomic E-state index is -0.690. The Morgan fingerprint density at radius 2 is 1.97 bits per heavy atom. The van der Waals surface area contributed by atoms with Crippen molar-refractivity contribution in [3.05, 3.63) is 75.1 Å². The summed E-state index contributed by atoms with van der Waals surface area (Å²) >= 11 is 0. The Morgan fingerprint density at radius 3 is 2.76 bits per heavy atom. The van der Waals surface area contributed by atoms with Gasteiger partial charge in [0.25, 0.3) is 11.5 Å². The molecule has 3 aromatic heterocycles. The summed E-state index contributed by atoms with van der Waals surface area (Å²) in [5.74, 6) is 0.637. The van der Waals surface area contributed by atoms with Crippen LogP contribution in [-0.4, -0.2) is 56.7 Å². The molecular weight excluding hydrogens is 426 g/mol. The van der Waals surface area contributed by atoms with Gasteiger partial charge in [-0.25, -0.2) is 14.8 Å². The summed E-state index contributed by atoms with van der Waals surface area (Å²) in [7, 11) is 0. The molecule has 1 amide bonds. The van der Waals surface area contributed by atoms with E-state index in [1.54, 1.807) is 30.5 Å². The SMILES string of the molecule is O=C(NCCOc1cc(N2CCCCC2)ncn1)c1c[nH]c(=O)n(Cc2ccccn2)c1=O. The van der Waals surface area contributed by atoms with E-state index in [-0.39, 0.29) is 25.3 Å². The quantitative estimate of drug-likeness (QED) is 0.475. The van der Waals surface area contributed by atoms with Crippen molar-refractivity contribution in [2.24, 2.45) is 0 Å². The molecule has 172 valence electrons. The second kappa shape index (κ2) is 10.5. The molecule has 0 saturated carbocycles. The molecule has 1 aliphatic heterocycles. The number of H-pyrrole nitrogens is 1. The van der Waals surface area contributed by atoms with Crippen molar-refractivity contribution in [2.75, 3.05) is 31.1 Å². The minimum Gasteiger partial charge on any atom is -0.476 e. The third kappa shape index (κ3) is 5.62. The number of nitrogens with zero attached hydrogens (tertiary/aromatic N) is 5. The molecule has 4 rings (SSSR count). The van der Waals surface area contributed by atoms with Crippen molar-refractivity contribution < 1.29 is 9.53 Å². The highest BCUT2D eigenvalue weighted by Gasteiger charge is 2.16. The van der Waals surface area contributed by atoms with Gasteiger partial charge in [0.1, 0.15) is 24.3 Å². The number of hydrogen-bond donors (Lipinski definition) is 2. The van der Waals surface area contributed by atoms with E-state index < -0.39 is 17.2 Å². The first-order valence-corrected chi connectivity index (χ1v) is 10.8. The standard InChI is InChI=1S/C22H25N7O4/c30-20(17-13-25-22(32)29(21(17)31)14-16-6-2-3-7-23-16)24-8-11-33-19-12-18(26-15-27-19)28-9-4-1-5-10-28/h2-3,6-7,12-13,15H,1,4-5,8-11,14H2,(H,24,30)(H,25,32). The lowest BCUT2D eigenvalue weighted by atomic mass is 10.1. The van der Waals surface area contributed by atoms with E-state index in [4.69, 9.17) is 4.74 Å². The maximum atomic E-state index is 12.7. The molecule has 0 radical (unpaired) electrons. The van der Waals surface area contributed by atoms with E-state index in [2.05, 4.69) is 30.2 Å². The van der Waals surface area contributed by atoms with Crippen molar-refractivity contribution in [1.82, 2.24) is 29.8 Å². The van der Waals surface area contributed by atoms with Crippen LogP contribution in [0.15, 0.2) is 52.6 Å². The molecule has 2 N–H and O–H groups in total. The Bertz CT molecular complexity index is 1200. The lowest BCUT2D eigenvalue weighted by Gasteiger charge is -2.27. The summed E-state index contributed by atoms with van der Waals surface area (Å²) in [6, 6.07) is 6.97. The van der Waals surface area contributed by atoms with Crippen LogP contribution < -0.4 is 26.2 Å². The average Bonchev–Trinajstić information content (AvgIpc) is 2.86. The molecule has 33 heavy (non-hydrogen) atoms. The van der Waals surface area contributed by atoms with Crippen LogP contribution in [0.4, 0.5) is 5.82 Å². The van der Waals surface area contributed by atoms with Gasteiger partial charge in [0.2, 0.25) is 5.88 Å². The maximum Gasteiger partial charge on any atom is 0.328 e. The highest BCUT2D eigenvalue weighted by Crippen LogP contribution is 2.19. The molecule has 0 bridgehead atoms. The number of nitrogens with one attached hydrogen (secondary N) is 2. The Labute approximate surface area is 189 Å². The second-order valence-electron chi connectivity index (χ2n) is 7.59. The van der Waals surface area contributed by atoms with Crippen molar-refractivity contribution in [2.45, 2.75) is 25.8 Å². The van der Waals surface area contributed by atoms with Crippen LogP contribution in [0.1, 0.15) is 35.3 Å². The van der Waals surface area contributed by atoms with Crippen LogP contribution >= 0.6 is 0 Å². The number of carbonyl (C=O) groups excluding carboxylic acids is 1. The largest absolute Gasteiger partial charge is 0.476 e. The van der Waals surface area contributed by atoms with Gasteiger partial charge < -0.3 is 19.9 Å². The molecule has 1 saturated heterocycles. The lowest BCUT2D eigenvalue weighted by Crippen LogP contribution is -2.41. The fraction of sp³-hybridized carbons (Fsp3) is 0.364. The fourth-order valence-corrected chi connectivity index (χ4v) is 3.59. The zero-order valence-electron chi connectivity index (χ0n) is 18.1. The zero-order valence-corrected chi connectivity index (χ0v) is 18.1. The van der Waals surface area contributed by atoms with Gasteiger partial charge in [0, 0.05) is 31.5 Å². The smallest absolute Gasteiger partial charge is 0.328 e. The number of rotatable bonds is 8. The number of amides is 1. The van der Waals surface area contributed by atoms with Crippen LogP contribution in [-0.2, 0) is 6.54 Å². The van der Waals surface area contributed by atoms with Crippen LogP contribution in [0.5, 0.6) is 5.88 Å². The molecule has 11 heteroatoms. The minimum absolute atomic E-state index is 0.0354. The molecule has 11 nitrogen and oxygen atoms in total. The van der Waals surface area contributed by atoms with E-state index in [9.17, 15) is 14.4 Å². The third-order valence-electron chi connectivity index (χ3n) is 5.30. The van der Waals surface area contributed by atoms with Gasteiger partial charge >= 0.3 is 5.69 Å². The van der Waals surface area contributed by atoms with E-state index in [1.807, 2.05) is 0 Å².